The van der Waals surface area contributed by atoms with Crippen molar-refractivity contribution >= 4 is 11.9 Å². The Morgan fingerprint density at radius 2 is 1.77 bits per heavy atom. The lowest BCUT2D eigenvalue weighted by atomic mass is 9.97. The van der Waals surface area contributed by atoms with E-state index in [1.165, 1.54) is 0 Å². The van der Waals surface area contributed by atoms with Crippen LogP contribution in [0.4, 0.5) is 0 Å². The molecule has 0 heterocycles. The van der Waals surface area contributed by atoms with Gasteiger partial charge in [-0.05, 0) is 12.8 Å². The fourth-order valence-electron chi connectivity index (χ4n) is 0.905. The fraction of sp³-hybridized carbons (Fsp3) is 0.714. The molecule has 0 aromatic rings. The number of hydrogen-bond donors (Lipinski definition) is 4. The summed E-state index contributed by atoms with van der Waals surface area (Å²) in [6, 6.07) is -1.19. The highest BCUT2D eigenvalue weighted by Gasteiger charge is 2.23. The maximum absolute atomic E-state index is 10.5. The Kier molecular flexibility index (Phi) is 5.01. The number of nitrogens with two attached hydrogens (primary N) is 1. The summed E-state index contributed by atoms with van der Waals surface area (Å²) in [6.07, 6.45) is -0.137. The Hall–Kier alpha value is -1.14. The lowest BCUT2D eigenvalue weighted by Gasteiger charge is -2.12. The molecule has 6 nitrogen and oxygen atoms in total. The average Bonchev–Trinajstić information content (AvgIpc) is 2.03. The molecule has 0 aliphatic heterocycles. The second kappa shape index (κ2) is 5.50. The molecule has 0 saturated carbocycles. The van der Waals surface area contributed by atoms with Gasteiger partial charge in [0, 0.05) is 6.61 Å². The molecule has 0 aliphatic carbocycles. The van der Waals surface area contributed by atoms with E-state index in [2.05, 4.69) is 0 Å². The molecule has 0 aliphatic rings. The molecule has 2 atom stereocenters. The molecule has 0 aromatic heterocycles. The van der Waals surface area contributed by atoms with Gasteiger partial charge in [-0.15, -0.1) is 0 Å². The third kappa shape index (κ3) is 4.44. The van der Waals surface area contributed by atoms with Crippen molar-refractivity contribution in [2.24, 2.45) is 11.7 Å². The summed E-state index contributed by atoms with van der Waals surface area (Å²) >= 11 is 0. The number of aliphatic carboxylic acids is 2. The zero-order chi connectivity index (χ0) is 10.4. The number of carboxylic acids is 2. The first-order chi connectivity index (χ1) is 5.99. The number of aliphatic hydroxyl groups is 1. The molecule has 0 saturated heterocycles. The Bertz CT molecular complexity index is 193. The topological polar surface area (TPSA) is 121 Å². The van der Waals surface area contributed by atoms with E-state index in [-0.39, 0.29) is 19.4 Å². The van der Waals surface area contributed by atoms with E-state index in [4.69, 9.17) is 21.1 Å². The van der Waals surface area contributed by atoms with Gasteiger partial charge in [-0.1, -0.05) is 0 Å². The summed E-state index contributed by atoms with van der Waals surface area (Å²) in [5, 5.41) is 25.5. The molecule has 0 bridgehead atoms. The van der Waals surface area contributed by atoms with Crippen LogP contribution >= 0.6 is 0 Å². The third-order valence-corrected chi connectivity index (χ3v) is 1.68. The molecule has 0 amide bonds. The van der Waals surface area contributed by atoms with Gasteiger partial charge in [0.15, 0.2) is 0 Å². The number of aliphatic hydroxyl groups excluding tert-OH is 1. The molecule has 13 heavy (non-hydrogen) atoms. The Morgan fingerprint density at radius 1 is 1.23 bits per heavy atom. The maximum atomic E-state index is 10.5. The largest absolute Gasteiger partial charge is 0.481 e. The summed E-state index contributed by atoms with van der Waals surface area (Å²) in [6.45, 7) is -0.288. The van der Waals surface area contributed by atoms with Crippen molar-refractivity contribution in [3.8, 4) is 0 Å². The van der Waals surface area contributed by atoms with E-state index >= 15 is 0 Å². The molecule has 5 N–H and O–H groups in total. The van der Waals surface area contributed by atoms with Crippen LogP contribution in [-0.2, 0) is 9.59 Å². The summed E-state index contributed by atoms with van der Waals surface area (Å²) in [7, 11) is 0. The number of hydrogen-bond acceptors (Lipinski definition) is 4. The molecule has 6 heteroatoms. The monoisotopic (exact) mass is 191 g/mol. The minimum Gasteiger partial charge on any atom is -0.481 e. The van der Waals surface area contributed by atoms with Gasteiger partial charge in [-0.2, -0.15) is 0 Å². The smallest absolute Gasteiger partial charge is 0.320 e. The molecule has 0 radical (unpaired) electrons. The Balaban J connectivity index is 4.09. The van der Waals surface area contributed by atoms with Crippen LogP contribution in [-0.4, -0.2) is 39.9 Å². The summed E-state index contributed by atoms with van der Waals surface area (Å²) in [5.74, 6) is -3.26. The van der Waals surface area contributed by atoms with E-state index in [0.29, 0.717) is 0 Å². The number of rotatable bonds is 6. The predicted octanol–water partition coefficient (Wildman–Crippen LogP) is -1.13. The van der Waals surface area contributed by atoms with Crippen molar-refractivity contribution in [3.05, 3.63) is 0 Å². The van der Waals surface area contributed by atoms with E-state index in [1.54, 1.807) is 0 Å². The molecular weight excluding hydrogens is 178 g/mol. The van der Waals surface area contributed by atoms with Gasteiger partial charge in [-0.25, -0.2) is 0 Å². The lowest BCUT2D eigenvalue weighted by molar-refractivity contribution is -0.144. The maximum Gasteiger partial charge on any atom is 0.320 e. The summed E-state index contributed by atoms with van der Waals surface area (Å²) < 4.78 is 0. The van der Waals surface area contributed by atoms with Crippen molar-refractivity contribution in [2.45, 2.75) is 18.9 Å². The van der Waals surface area contributed by atoms with Crippen LogP contribution in [0.15, 0.2) is 0 Å². The zero-order valence-corrected chi connectivity index (χ0v) is 7.01. The zero-order valence-electron chi connectivity index (χ0n) is 7.01. The van der Waals surface area contributed by atoms with Crippen LogP contribution in [0.1, 0.15) is 12.8 Å². The van der Waals surface area contributed by atoms with Gasteiger partial charge in [0.1, 0.15) is 6.04 Å². The fourth-order valence-corrected chi connectivity index (χ4v) is 0.905. The first-order valence-electron chi connectivity index (χ1n) is 3.81. The third-order valence-electron chi connectivity index (χ3n) is 1.68. The highest BCUT2D eigenvalue weighted by Crippen LogP contribution is 2.10. The highest BCUT2D eigenvalue weighted by atomic mass is 16.4. The van der Waals surface area contributed by atoms with E-state index < -0.39 is 23.9 Å². The van der Waals surface area contributed by atoms with Crippen LogP contribution in [0.3, 0.4) is 0 Å². The van der Waals surface area contributed by atoms with Gasteiger partial charge < -0.3 is 21.1 Å². The van der Waals surface area contributed by atoms with Gasteiger partial charge >= 0.3 is 11.9 Å². The number of carboxylic acid groups (broad SMARTS) is 2. The first-order valence-corrected chi connectivity index (χ1v) is 3.81. The van der Waals surface area contributed by atoms with Gasteiger partial charge in [0.05, 0.1) is 5.92 Å². The number of carbonyl (C=O) groups is 2. The average molecular weight is 191 g/mol. The second-order valence-corrected chi connectivity index (χ2v) is 2.73. The van der Waals surface area contributed by atoms with Crippen LogP contribution < -0.4 is 5.73 Å². The van der Waals surface area contributed by atoms with Crippen molar-refractivity contribution in [1.29, 1.82) is 0 Å². The predicted molar refractivity (Wildman–Crippen MR) is 43.1 cm³/mol. The molecular formula is C7H13NO5. The van der Waals surface area contributed by atoms with Crippen molar-refractivity contribution in [3.63, 3.8) is 0 Å². The van der Waals surface area contributed by atoms with Crippen LogP contribution in [0.2, 0.25) is 0 Å². The Labute approximate surface area is 75.0 Å². The normalized spacial score (nSPS) is 14.9. The van der Waals surface area contributed by atoms with Crippen molar-refractivity contribution in [1.82, 2.24) is 0 Å². The van der Waals surface area contributed by atoms with E-state index in [1.807, 2.05) is 0 Å². The molecule has 0 rings (SSSR count). The van der Waals surface area contributed by atoms with E-state index in [9.17, 15) is 9.59 Å². The molecule has 76 valence electrons. The minimum absolute atomic E-state index is 0.0241. The van der Waals surface area contributed by atoms with Crippen LogP contribution in [0.5, 0.6) is 0 Å². The summed E-state index contributed by atoms with van der Waals surface area (Å²) in [4.78, 5) is 20.8. The second-order valence-electron chi connectivity index (χ2n) is 2.73. The molecule has 0 fully saturated rings. The van der Waals surface area contributed by atoms with Crippen LogP contribution in [0, 0.1) is 5.92 Å². The summed E-state index contributed by atoms with van der Waals surface area (Å²) in [5.41, 5.74) is 5.14. The molecule has 1 unspecified atom stereocenters. The molecule has 0 spiro atoms. The first kappa shape index (κ1) is 11.9. The quantitative estimate of drug-likeness (QED) is 0.421. The van der Waals surface area contributed by atoms with Crippen LogP contribution in [0.25, 0.3) is 0 Å². The van der Waals surface area contributed by atoms with Crippen molar-refractivity contribution in [2.75, 3.05) is 6.61 Å². The minimum atomic E-state index is -1.23. The Morgan fingerprint density at radius 3 is 2.08 bits per heavy atom. The van der Waals surface area contributed by atoms with Crippen molar-refractivity contribution < 1.29 is 24.9 Å². The highest BCUT2D eigenvalue weighted by molar-refractivity contribution is 5.75. The van der Waals surface area contributed by atoms with Gasteiger partial charge in [-0.3, -0.25) is 9.59 Å². The van der Waals surface area contributed by atoms with E-state index in [0.717, 1.165) is 0 Å². The lowest BCUT2D eigenvalue weighted by Crippen LogP contribution is -2.34. The molecule has 0 aromatic carbocycles. The standard InChI is InChI=1S/C7H13NO5/c8-5(7(12)13)3-4(1-2-9)6(10)11/h4-5,9H,1-3,8H2,(H,10,11)(H,12,13)/t4?,5-/m0/s1. The SMILES string of the molecule is N[C@@H](CC(CCO)C(=O)O)C(=O)O. The van der Waals surface area contributed by atoms with Gasteiger partial charge in [0.2, 0.25) is 0 Å². The van der Waals surface area contributed by atoms with Gasteiger partial charge in [0.25, 0.3) is 0 Å².